The highest BCUT2D eigenvalue weighted by molar-refractivity contribution is 5.89. The van der Waals surface area contributed by atoms with Crippen molar-refractivity contribution >= 4 is 17.9 Å². The first-order chi connectivity index (χ1) is 14.0. The van der Waals surface area contributed by atoms with Gasteiger partial charge in [-0.1, -0.05) is 20.8 Å². The number of rotatable bonds is 3. The van der Waals surface area contributed by atoms with Crippen molar-refractivity contribution in [2.24, 2.45) is 18.2 Å². The van der Waals surface area contributed by atoms with Gasteiger partial charge in [-0.2, -0.15) is 0 Å². The Hall–Kier alpha value is -3.31. The second-order valence-corrected chi connectivity index (χ2v) is 8.10. The first-order valence-corrected chi connectivity index (χ1v) is 9.36. The molecule has 2 N–H and O–H groups in total. The lowest BCUT2D eigenvalue weighted by Crippen LogP contribution is -2.60. The molecule has 2 aromatic heterocycles. The van der Waals surface area contributed by atoms with Crippen molar-refractivity contribution in [3.05, 3.63) is 17.8 Å². The van der Waals surface area contributed by atoms with Crippen molar-refractivity contribution in [1.82, 2.24) is 29.6 Å². The maximum atomic E-state index is 14.5. The summed E-state index contributed by atoms with van der Waals surface area (Å²) in [5.74, 6) is -1.41. The van der Waals surface area contributed by atoms with E-state index in [-0.39, 0.29) is 34.7 Å². The third-order valence-electron chi connectivity index (χ3n) is 5.00. The number of hydrogen-bond acceptors (Lipinski definition) is 8. The van der Waals surface area contributed by atoms with Crippen molar-refractivity contribution in [3.63, 3.8) is 0 Å². The summed E-state index contributed by atoms with van der Waals surface area (Å²) in [7, 11) is 2.87. The molecule has 1 aliphatic rings. The highest BCUT2D eigenvalue weighted by atomic mass is 19.1. The molecule has 1 unspecified atom stereocenters. The number of methoxy groups -OCH3 is 1. The minimum Gasteiger partial charge on any atom is -0.453 e. The maximum Gasteiger partial charge on any atom is 0.409 e. The quantitative estimate of drug-likeness (QED) is 0.771. The van der Waals surface area contributed by atoms with E-state index in [9.17, 15) is 14.0 Å². The van der Waals surface area contributed by atoms with Crippen LogP contribution in [0, 0.1) is 11.2 Å². The van der Waals surface area contributed by atoms with Crippen LogP contribution in [-0.2, 0) is 11.8 Å². The Morgan fingerprint density at radius 3 is 2.53 bits per heavy atom. The standard InChI is InChI=1S/C18H25FN8O3/c1-18(2,3)11-9-26(6-7-27(11)17(29)30-5)16-21-8-10(19)12(22-16)15-23-14(13(20)28)24-25(15)4/h8,11H,6-7,9H2,1-5H3,(H2,20,28). The average Bonchev–Trinajstić information content (AvgIpc) is 3.08. The van der Waals surface area contributed by atoms with Gasteiger partial charge >= 0.3 is 6.09 Å². The van der Waals surface area contributed by atoms with Crippen LogP contribution in [0.25, 0.3) is 11.5 Å². The third kappa shape index (κ3) is 4.02. The SMILES string of the molecule is COC(=O)N1CCN(c2ncc(F)c(-c3nc(C(N)=O)nn3C)n2)CC1C(C)(C)C. The number of aryl methyl sites for hydroxylation is 1. The van der Waals surface area contributed by atoms with Crippen LogP contribution in [0.4, 0.5) is 15.1 Å². The largest absolute Gasteiger partial charge is 0.453 e. The molecule has 0 aliphatic carbocycles. The van der Waals surface area contributed by atoms with Gasteiger partial charge in [-0.25, -0.2) is 28.8 Å². The Morgan fingerprint density at radius 2 is 1.97 bits per heavy atom. The molecule has 0 radical (unpaired) electrons. The Bertz CT molecular complexity index is 971. The van der Waals surface area contributed by atoms with Crippen LogP contribution in [0.5, 0.6) is 0 Å². The zero-order valence-electron chi connectivity index (χ0n) is 17.6. The topological polar surface area (TPSA) is 132 Å². The number of primary amides is 1. The molecule has 3 rings (SSSR count). The van der Waals surface area contributed by atoms with Gasteiger partial charge < -0.3 is 20.3 Å². The monoisotopic (exact) mass is 420 g/mol. The Kier molecular flexibility index (Phi) is 5.59. The summed E-state index contributed by atoms with van der Waals surface area (Å²) in [5, 5.41) is 3.89. The molecular formula is C18H25FN8O3. The van der Waals surface area contributed by atoms with Gasteiger partial charge in [0.25, 0.3) is 5.91 Å². The van der Waals surface area contributed by atoms with Gasteiger partial charge in [0.2, 0.25) is 11.8 Å². The van der Waals surface area contributed by atoms with E-state index in [1.165, 1.54) is 18.8 Å². The first-order valence-electron chi connectivity index (χ1n) is 9.36. The van der Waals surface area contributed by atoms with Gasteiger partial charge in [0, 0.05) is 26.7 Å². The van der Waals surface area contributed by atoms with Gasteiger partial charge in [-0.05, 0) is 5.41 Å². The van der Waals surface area contributed by atoms with Gasteiger partial charge in [0.05, 0.1) is 19.3 Å². The van der Waals surface area contributed by atoms with E-state index in [0.29, 0.717) is 19.6 Å². The molecule has 12 heteroatoms. The summed E-state index contributed by atoms with van der Waals surface area (Å²) < 4.78 is 20.6. The fraction of sp³-hybridized carbons (Fsp3) is 0.556. The van der Waals surface area contributed by atoms with Crippen LogP contribution in [0.15, 0.2) is 6.20 Å². The minimum atomic E-state index is -0.821. The summed E-state index contributed by atoms with van der Waals surface area (Å²) in [4.78, 5) is 39.5. The number of nitrogens with two attached hydrogens (primary N) is 1. The molecule has 162 valence electrons. The number of anilines is 1. The number of carbonyl (C=O) groups excluding carboxylic acids is 2. The molecule has 1 saturated heterocycles. The smallest absolute Gasteiger partial charge is 0.409 e. The predicted octanol–water partition coefficient (Wildman–Crippen LogP) is 0.813. The number of amides is 2. The number of piperazine rings is 1. The molecule has 1 fully saturated rings. The van der Waals surface area contributed by atoms with Crippen LogP contribution in [0.3, 0.4) is 0 Å². The van der Waals surface area contributed by atoms with Crippen molar-refractivity contribution in [2.75, 3.05) is 31.6 Å². The molecule has 0 spiro atoms. The van der Waals surface area contributed by atoms with Gasteiger partial charge in [0.15, 0.2) is 11.6 Å². The third-order valence-corrected chi connectivity index (χ3v) is 5.00. The second-order valence-electron chi connectivity index (χ2n) is 8.10. The molecule has 3 heterocycles. The second kappa shape index (κ2) is 7.84. The Labute approximate surface area is 173 Å². The summed E-state index contributed by atoms with van der Waals surface area (Å²) in [6, 6.07) is -0.174. The van der Waals surface area contributed by atoms with Crippen LogP contribution in [0.2, 0.25) is 0 Å². The van der Waals surface area contributed by atoms with E-state index in [1.807, 2.05) is 25.7 Å². The summed E-state index contributed by atoms with van der Waals surface area (Å²) in [6.45, 7) is 7.37. The molecule has 1 atom stereocenters. The van der Waals surface area contributed by atoms with E-state index in [2.05, 4.69) is 20.1 Å². The van der Waals surface area contributed by atoms with E-state index >= 15 is 0 Å². The molecule has 2 amide bonds. The number of carbonyl (C=O) groups is 2. The Balaban J connectivity index is 1.95. The summed E-state index contributed by atoms with van der Waals surface area (Å²) in [6.07, 6.45) is 0.656. The summed E-state index contributed by atoms with van der Waals surface area (Å²) in [5.41, 5.74) is 4.88. The Morgan fingerprint density at radius 1 is 1.27 bits per heavy atom. The average molecular weight is 420 g/mol. The van der Waals surface area contributed by atoms with Crippen molar-refractivity contribution < 1.29 is 18.7 Å². The van der Waals surface area contributed by atoms with E-state index < -0.39 is 17.8 Å². The molecular weight excluding hydrogens is 395 g/mol. The van der Waals surface area contributed by atoms with Crippen molar-refractivity contribution in [3.8, 4) is 11.5 Å². The van der Waals surface area contributed by atoms with Crippen LogP contribution in [-0.4, -0.2) is 74.4 Å². The lowest BCUT2D eigenvalue weighted by atomic mass is 9.84. The number of hydrogen-bond donors (Lipinski definition) is 1. The number of nitrogens with zero attached hydrogens (tertiary/aromatic N) is 7. The molecule has 11 nitrogen and oxygen atoms in total. The highest BCUT2D eigenvalue weighted by Gasteiger charge is 2.39. The highest BCUT2D eigenvalue weighted by Crippen LogP contribution is 2.30. The summed E-state index contributed by atoms with van der Waals surface area (Å²) >= 11 is 0. The van der Waals surface area contributed by atoms with Crippen molar-refractivity contribution in [2.45, 2.75) is 26.8 Å². The molecule has 1 aliphatic heterocycles. The molecule has 0 saturated carbocycles. The van der Waals surface area contributed by atoms with Crippen LogP contribution in [0.1, 0.15) is 31.4 Å². The molecule has 2 aromatic rings. The van der Waals surface area contributed by atoms with E-state index in [4.69, 9.17) is 10.5 Å². The number of halogens is 1. The lowest BCUT2D eigenvalue weighted by molar-refractivity contribution is 0.0624. The van der Waals surface area contributed by atoms with Gasteiger partial charge in [-0.3, -0.25) is 4.79 Å². The fourth-order valence-corrected chi connectivity index (χ4v) is 3.40. The van der Waals surface area contributed by atoms with E-state index in [0.717, 1.165) is 6.20 Å². The fourth-order valence-electron chi connectivity index (χ4n) is 3.40. The molecule has 0 aromatic carbocycles. The number of aromatic nitrogens is 5. The zero-order valence-corrected chi connectivity index (χ0v) is 17.6. The van der Waals surface area contributed by atoms with E-state index in [1.54, 1.807) is 4.90 Å². The lowest BCUT2D eigenvalue weighted by Gasteiger charge is -2.46. The maximum absolute atomic E-state index is 14.5. The first kappa shape index (κ1) is 21.4. The van der Waals surface area contributed by atoms with Crippen LogP contribution >= 0.6 is 0 Å². The van der Waals surface area contributed by atoms with Crippen LogP contribution < -0.4 is 10.6 Å². The minimum absolute atomic E-state index is 0.0607. The van der Waals surface area contributed by atoms with Gasteiger partial charge in [-0.15, -0.1) is 5.10 Å². The zero-order chi connectivity index (χ0) is 22.2. The molecule has 30 heavy (non-hydrogen) atoms. The molecule has 0 bridgehead atoms. The predicted molar refractivity (Wildman–Crippen MR) is 105 cm³/mol. The van der Waals surface area contributed by atoms with Crippen molar-refractivity contribution in [1.29, 1.82) is 0 Å². The normalized spacial score (nSPS) is 17.2. The van der Waals surface area contributed by atoms with Gasteiger partial charge in [0.1, 0.15) is 5.69 Å². The number of ether oxygens (including phenoxy) is 1.